The third-order valence-corrected chi connectivity index (χ3v) is 4.78. The number of hydrogen-bond donors (Lipinski definition) is 2. The fourth-order valence-corrected chi connectivity index (χ4v) is 3.11. The Bertz CT molecular complexity index is 641. The molecule has 0 fully saturated rings. The minimum atomic E-state index is -0.909. The number of hydrogen-bond acceptors (Lipinski definition) is 4. The van der Waals surface area contributed by atoms with E-state index in [-0.39, 0.29) is 31.3 Å². The lowest BCUT2D eigenvalue weighted by Crippen LogP contribution is -2.54. The molecule has 0 heterocycles. The van der Waals surface area contributed by atoms with Gasteiger partial charge in [-0.15, -0.1) is 0 Å². The maximum Gasteiger partial charge on any atom is 0.102 e. The van der Waals surface area contributed by atoms with Crippen LogP contribution in [-0.4, -0.2) is 34.0 Å². The van der Waals surface area contributed by atoms with Crippen molar-refractivity contribution in [3.05, 3.63) is 71.8 Å². The van der Waals surface area contributed by atoms with Gasteiger partial charge in [-0.3, -0.25) is 4.84 Å². The van der Waals surface area contributed by atoms with Crippen LogP contribution in [0.1, 0.15) is 51.0 Å². The van der Waals surface area contributed by atoms with Crippen molar-refractivity contribution < 1.29 is 15.1 Å². The summed E-state index contributed by atoms with van der Waals surface area (Å²) in [4.78, 5) is 6.37. The molecule has 0 radical (unpaired) electrons. The van der Waals surface area contributed by atoms with Crippen LogP contribution in [0.2, 0.25) is 0 Å². The molecular formula is C22H31NO3. The van der Waals surface area contributed by atoms with Gasteiger partial charge in [0.25, 0.3) is 0 Å². The molecule has 4 heteroatoms. The van der Waals surface area contributed by atoms with E-state index in [4.69, 9.17) is 4.84 Å². The summed E-state index contributed by atoms with van der Waals surface area (Å²) in [5, 5.41) is 21.9. The second-order valence-electron chi connectivity index (χ2n) is 7.40. The summed E-state index contributed by atoms with van der Waals surface area (Å²) in [5.41, 5.74) is 1.23. The van der Waals surface area contributed by atoms with Crippen LogP contribution in [0.15, 0.2) is 60.7 Å². The largest absolute Gasteiger partial charge is 0.394 e. The highest BCUT2D eigenvalue weighted by Gasteiger charge is 2.40. The first-order chi connectivity index (χ1) is 12.4. The molecule has 2 N–H and O–H groups in total. The average Bonchev–Trinajstić information content (AvgIpc) is 2.68. The molecule has 0 saturated carbocycles. The van der Waals surface area contributed by atoms with E-state index in [9.17, 15) is 10.2 Å². The number of rotatable bonds is 9. The summed E-state index contributed by atoms with van der Waals surface area (Å²) >= 11 is 0. The van der Waals surface area contributed by atoms with Crippen LogP contribution < -0.4 is 0 Å². The maximum absolute atomic E-state index is 10.0. The standard InChI is InChI=1S/C22H31NO3/c1-17(2)21(20-13-9-6-10-14-20)23(22(4,15-24)16-25)26-18(3)19-11-7-5-8-12-19/h5-14,17-18,21,24-25H,15-16H2,1-4H3. The first-order valence-corrected chi connectivity index (χ1v) is 9.20. The van der Waals surface area contributed by atoms with Gasteiger partial charge < -0.3 is 10.2 Å². The minimum absolute atomic E-state index is 0.105. The summed E-state index contributed by atoms with van der Waals surface area (Å²) in [7, 11) is 0. The van der Waals surface area contributed by atoms with Crippen molar-refractivity contribution in [3.63, 3.8) is 0 Å². The van der Waals surface area contributed by atoms with E-state index < -0.39 is 5.54 Å². The van der Waals surface area contributed by atoms with E-state index in [1.54, 1.807) is 5.06 Å². The SMILES string of the molecule is CC(ON(C(c1ccccc1)C(C)C)C(C)(CO)CO)c1ccccc1. The molecule has 142 valence electrons. The molecule has 26 heavy (non-hydrogen) atoms. The molecule has 0 aliphatic carbocycles. The van der Waals surface area contributed by atoms with Gasteiger partial charge in [0.15, 0.2) is 0 Å². The molecule has 0 aliphatic heterocycles. The summed E-state index contributed by atoms with van der Waals surface area (Å²) in [6, 6.07) is 20.0. The van der Waals surface area contributed by atoms with Crippen molar-refractivity contribution in [2.45, 2.75) is 45.4 Å². The van der Waals surface area contributed by atoms with Gasteiger partial charge in [0, 0.05) is 0 Å². The van der Waals surface area contributed by atoms with Gasteiger partial charge in [0.2, 0.25) is 0 Å². The maximum atomic E-state index is 10.0. The highest BCUT2D eigenvalue weighted by molar-refractivity contribution is 5.20. The second kappa shape index (κ2) is 9.28. The van der Waals surface area contributed by atoms with Crippen LogP contribution in [-0.2, 0) is 4.84 Å². The van der Waals surface area contributed by atoms with Crippen LogP contribution in [0.3, 0.4) is 0 Å². The molecular weight excluding hydrogens is 326 g/mol. The highest BCUT2D eigenvalue weighted by atomic mass is 16.7. The van der Waals surface area contributed by atoms with Crippen LogP contribution in [0, 0.1) is 5.92 Å². The molecule has 0 bridgehead atoms. The Kier molecular flexibility index (Phi) is 7.35. The third kappa shape index (κ3) is 4.71. The summed E-state index contributed by atoms with van der Waals surface area (Å²) < 4.78 is 0. The predicted octanol–water partition coefficient (Wildman–Crippen LogP) is 4.12. The number of aliphatic hydroxyl groups is 2. The van der Waals surface area contributed by atoms with Crippen molar-refractivity contribution in [3.8, 4) is 0 Å². The van der Waals surface area contributed by atoms with E-state index in [1.807, 2.05) is 62.4 Å². The molecule has 2 aromatic rings. The summed E-state index contributed by atoms with van der Waals surface area (Å²) in [5.74, 6) is 0.220. The van der Waals surface area contributed by atoms with Gasteiger partial charge in [-0.1, -0.05) is 74.5 Å². The molecule has 2 rings (SSSR count). The molecule has 0 aliphatic rings. The van der Waals surface area contributed by atoms with Gasteiger partial charge in [-0.25, -0.2) is 0 Å². The Balaban J connectivity index is 2.42. The van der Waals surface area contributed by atoms with Gasteiger partial charge in [-0.2, -0.15) is 5.06 Å². The Morgan fingerprint density at radius 2 is 1.31 bits per heavy atom. The van der Waals surface area contributed by atoms with E-state index in [0.29, 0.717) is 0 Å². The predicted molar refractivity (Wildman–Crippen MR) is 104 cm³/mol. The molecule has 0 spiro atoms. The van der Waals surface area contributed by atoms with Crippen molar-refractivity contribution in [1.82, 2.24) is 5.06 Å². The van der Waals surface area contributed by atoms with Crippen LogP contribution in [0.4, 0.5) is 0 Å². The topological polar surface area (TPSA) is 52.9 Å². The second-order valence-corrected chi connectivity index (χ2v) is 7.40. The zero-order chi connectivity index (χ0) is 19.2. The summed E-state index contributed by atoms with van der Waals surface area (Å²) in [6.07, 6.45) is -0.210. The lowest BCUT2D eigenvalue weighted by atomic mass is 9.91. The fourth-order valence-electron chi connectivity index (χ4n) is 3.11. The smallest absolute Gasteiger partial charge is 0.102 e. The first-order valence-electron chi connectivity index (χ1n) is 9.20. The van der Waals surface area contributed by atoms with E-state index in [0.717, 1.165) is 11.1 Å². The molecule has 2 aromatic carbocycles. The van der Waals surface area contributed by atoms with Gasteiger partial charge in [-0.05, 0) is 30.9 Å². The van der Waals surface area contributed by atoms with E-state index in [2.05, 4.69) is 26.0 Å². The Morgan fingerprint density at radius 1 is 0.846 bits per heavy atom. The molecule has 0 aromatic heterocycles. The zero-order valence-electron chi connectivity index (χ0n) is 16.2. The van der Waals surface area contributed by atoms with Crippen LogP contribution in [0.25, 0.3) is 0 Å². The lowest BCUT2D eigenvalue weighted by molar-refractivity contribution is -0.292. The Labute approximate surface area is 157 Å². The Morgan fingerprint density at radius 3 is 1.73 bits per heavy atom. The van der Waals surface area contributed by atoms with Crippen molar-refractivity contribution in [2.75, 3.05) is 13.2 Å². The van der Waals surface area contributed by atoms with Gasteiger partial charge >= 0.3 is 0 Å². The quantitative estimate of drug-likeness (QED) is 0.663. The molecule has 0 amide bonds. The highest BCUT2D eigenvalue weighted by Crippen LogP contribution is 2.37. The van der Waals surface area contributed by atoms with Crippen LogP contribution >= 0.6 is 0 Å². The number of nitrogens with zero attached hydrogens (tertiary/aromatic N) is 1. The van der Waals surface area contributed by atoms with Crippen molar-refractivity contribution in [1.29, 1.82) is 0 Å². The zero-order valence-corrected chi connectivity index (χ0v) is 16.2. The van der Waals surface area contributed by atoms with E-state index in [1.165, 1.54) is 0 Å². The first kappa shape index (κ1) is 20.6. The normalized spacial score (nSPS) is 14.6. The van der Waals surface area contributed by atoms with Gasteiger partial charge in [0.05, 0.1) is 24.8 Å². The summed E-state index contributed by atoms with van der Waals surface area (Å²) in [6.45, 7) is 7.64. The molecule has 4 nitrogen and oxygen atoms in total. The number of aliphatic hydroxyl groups excluding tert-OH is 2. The number of benzene rings is 2. The molecule has 2 atom stereocenters. The average molecular weight is 357 g/mol. The fraction of sp³-hybridized carbons (Fsp3) is 0.455. The minimum Gasteiger partial charge on any atom is -0.394 e. The lowest BCUT2D eigenvalue weighted by Gasteiger charge is -2.45. The molecule has 2 unspecified atom stereocenters. The van der Waals surface area contributed by atoms with Crippen LogP contribution in [0.5, 0.6) is 0 Å². The monoisotopic (exact) mass is 357 g/mol. The van der Waals surface area contributed by atoms with Crippen molar-refractivity contribution >= 4 is 0 Å². The third-order valence-electron chi connectivity index (χ3n) is 4.78. The van der Waals surface area contributed by atoms with Gasteiger partial charge in [0.1, 0.15) is 6.10 Å². The van der Waals surface area contributed by atoms with E-state index >= 15 is 0 Å². The number of hydroxylamine groups is 2. The van der Waals surface area contributed by atoms with Crippen molar-refractivity contribution in [2.24, 2.45) is 5.92 Å². The Hall–Kier alpha value is -1.72. The molecule has 0 saturated heterocycles.